The van der Waals surface area contributed by atoms with Gasteiger partial charge in [-0.25, -0.2) is 0 Å². The highest BCUT2D eigenvalue weighted by Crippen LogP contribution is 2.10. The van der Waals surface area contributed by atoms with Crippen LogP contribution in [0.15, 0.2) is 4.99 Å². The predicted octanol–water partition coefficient (Wildman–Crippen LogP) is 1.66. The highest BCUT2D eigenvalue weighted by atomic mass is 14.8. The third-order valence-electron chi connectivity index (χ3n) is 1.59. The van der Waals surface area contributed by atoms with E-state index in [1.165, 1.54) is 0 Å². The van der Waals surface area contributed by atoms with Crippen molar-refractivity contribution in [1.82, 2.24) is 0 Å². The van der Waals surface area contributed by atoms with Crippen LogP contribution in [0.1, 0.15) is 27.2 Å². The minimum absolute atomic E-state index is 0.435. The van der Waals surface area contributed by atoms with Crippen LogP contribution in [0.2, 0.25) is 0 Å². The Hall–Kier alpha value is -0.530. The monoisotopic (exact) mass is 142 g/mol. The van der Waals surface area contributed by atoms with Gasteiger partial charge in [0.25, 0.3) is 0 Å². The number of nitrogens with zero attached hydrogens (tertiary/aromatic N) is 1. The molecule has 0 aliphatic rings. The van der Waals surface area contributed by atoms with Crippen molar-refractivity contribution in [3.63, 3.8) is 0 Å². The highest BCUT2D eigenvalue weighted by molar-refractivity contribution is 5.82. The molecule has 60 valence electrons. The predicted molar refractivity (Wildman–Crippen MR) is 46.2 cm³/mol. The lowest BCUT2D eigenvalue weighted by molar-refractivity contribution is 0.519. The lowest BCUT2D eigenvalue weighted by Crippen LogP contribution is -2.22. The molecule has 0 aromatic carbocycles. The molecule has 10 heavy (non-hydrogen) atoms. The van der Waals surface area contributed by atoms with E-state index in [9.17, 15) is 0 Å². The highest BCUT2D eigenvalue weighted by Gasteiger charge is 2.07. The van der Waals surface area contributed by atoms with Crippen LogP contribution in [0, 0.1) is 11.8 Å². The van der Waals surface area contributed by atoms with Crippen molar-refractivity contribution in [2.24, 2.45) is 22.6 Å². The molecule has 1 atom stereocenters. The molecule has 0 radical (unpaired) electrons. The molecule has 0 unspecified atom stereocenters. The fourth-order valence-corrected chi connectivity index (χ4v) is 1.05. The van der Waals surface area contributed by atoms with Crippen molar-refractivity contribution in [2.75, 3.05) is 7.05 Å². The summed E-state index contributed by atoms with van der Waals surface area (Å²) >= 11 is 0. The van der Waals surface area contributed by atoms with Crippen LogP contribution in [-0.2, 0) is 0 Å². The summed E-state index contributed by atoms with van der Waals surface area (Å²) in [6.45, 7) is 6.50. The molecule has 2 N–H and O–H groups in total. The Morgan fingerprint density at radius 1 is 1.40 bits per heavy atom. The molecule has 0 spiro atoms. The Morgan fingerprint density at radius 3 is 2.20 bits per heavy atom. The first-order chi connectivity index (χ1) is 4.57. The van der Waals surface area contributed by atoms with Gasteiger partial charge in [-0.05, 0) is 12.3 Å². The maximum absolute atomic E-state index is 5.61. The summed E-state index contributed by atoms with van der Waals surface area (Å²) in [5, 5.41) is 0. The molecule has 2 heteroatoms. The summed E-state index contributed by atoms with van der Waals surface area (Å²) in [7, 11) is 1.74. The van der Waals surface area contributed by atoms with E-state index in [0.29, 0.717) is 11.8 Å². The summed E-state index contributed by atoms with van der Waals surface area (Å²) < 4.78 is 0. The third kappa shape index (κ3) is 3.49. The zero-order valence-corrected chi connectivity index (χ0v) is 7.39. The van der Waals surface area contributed by atoms with Gasteiger partial charge in [0.15, 0.2) is 0 Å². The summed E-state index contributed by atoms with van der Waals surface area (Å²) in [6, 6.07) is 0. The number of amidine groups is 1. The van der Waals surface area contributed by atoms with E-state index in [0.717, 1.165) is 12.3 Å². The third-order valence-corrected chi connectivity index (χ3v) is 1.59. The van der Waals surface area contributed by atoms with Crippen LogP contribution in [0.3, 0.4) is 0 Å². The molecule has 2 nitrogen and oxygen atoms in total. The van der Waals surface area contributed by atoms with E-state index >= 15 is 0 Å². The molecule has 0 rings (SSSR count). The molecule has 0 amide bonds. The topological polar surface area (TPSA) is 38.4 Å². The second-order valence-electron chi connectivity index (χ2n) is 3.18. The molecule has 0 aliphatic carbocycles. The second-order valence-corrected chi connectivity index (χ2v) is 3.18. The van der Waals surface area contributed by atoms with Crippen molar-refractivity contribution in [3.05, 3.63) is 0 Å². The van der Waals surface area contributed by atoms with Gasteiger partial charge in [-0.15, -0.1) is 0 Å². The van der Waals surface area contributed by atoms with Gasteiger partial charge in [-0.2, -0.15) is 0 Å². The van der Waals surface area contributed by atoms with Crippen molar-refractivity contribution in [1.29, 1.82) is 0 Å². The van der Waals surface area contributed by atoms with Crippen LogP contribution in [0.25, 0.3) is 0 Å². The summed E-state index contributed by atoms with van der Waals surface area (Å²) in [4.78, 5) is 3.94. The Morgan fingerprint density at radius 2 is 1.90 bits per heavy atom. The molecule has 0 aliphatic heterocycles. The smallest absolute Gasteiger partial charge is 0.0962 e. The largest absolute Gasteiger partial charge is 0.387 e. The molecule has 0 aromatic rings. The first-order valence-electron chi connectivity index (χ1n) is 3.80. The van der Waals surface area contributed by atoms with E-state index in [1.54, 1.807) is 7.05 Å². The van der Waals surface area contributed by atoms with Gasteiger partial charge < -0.3 is 5.73 Å². The number of nitrogens with two attached hydrogens (primary N) is 1. The molecule has 0 heterocycles. The van der Waals surface area contributed by atoms with Crippen LogP contribution in [0.4, 0.5) is 0 Å². The summed E-state index contributed by atoms with van der Waals surface area (Å²) in [5.74, 6) is 1.91. The zero-order chi connectivity index (χ0) is 8.15. The Labute approximate surface area is 63.5 Å². The standard InChI is InChI=1S/C8H18N2/c1-6(2)5-7(3)8(9)10-4/h6-7H,5H2,1-4H3,(H2,9,10)/t7-/m0/s1. The fraction of sp³-hybridized carbons (Fsp3) is 0.875. The van der Waals surface area contributed by atoms with Gasteiger partial charge in [0.1, 0.15) is 0 Å². The zero-order valence-electron chi connectivity index (χ0n) is 7.39. The first kappa shape index (κ1) is 9.47. The molecular weight excluding hydrogens is 124 g/mol. The van der Waals surface area contributed by atoms with Crippen molar-refractivity contribution >= 4 is 5.84 Å². The van der Waals surface area contributed by atoms with Gasteiger partial charge in [0.2, 0.25) is 0 Å². The SMILES string of the molecule is CN=C(N)[C@@H](C)CC(C)C. The van der Waals surface area contributed by atoms with Gasteiger partial charge >= 0.3 is 0 Å². The van der Waals surface area contributed by atoms with Crippen LogP contribution in [0.5, 0.6) is 0 Å². The minimum atomic E-state index is 0.435. The lowest BCUT2D eigenvalue weighted by Gasteiger charge is -2.12. The van der Waals surface area contributed by atoms with E-state index in [4.69, 9.17) is 5.73 Å². The fourth-order valence-electron chi connectivity index (χ4n) is 1.05. The molecule has 0 fully saturated rings. The van der Waals surface area contributed by atoms with E-state index in [1.807, 2.05) is 0 Å². The Kier molecular flexibility index (Phi) is 4.08. The van der Waals surface area contributed by atoms with Crippen LogP contribution >= 0.6 is 0 Å². The summed E-state index contributed by atoms with van der Waals surface area (Å²) in [5.41, 5.74) is 5.61. The Bertz CT molecular complexity index is 116. The van der Waals surface area contributed by atoms with Gasteiger partial charge in [0.05, 0.1) is 5.84 Å². The maximum Gasteiger partial charge on any atom is 0.0962 e. The molecule has 0 saturated carbocycles. The Balaban J connectivity index is 3.73. The average molecular weight is 142 g/mol. The van der Waals surface area contributed by atoms with Gasteiger partial charge in [-0.1, -0.05) is 20.8 Å². The first-order valence-corrected chi connectivity index (χ1v) is 3.80. The molecule has 0 saturated heterocycles. The maximum atomic E-state index is 5.61. The normalized spacial score (nSPS) is 15.9. The number of hydrogen-bond acceptors (Lipinski definition) is 1. The number of rotatable bonds is 3. The van der Waals surface area contributed by atoms with E-state index < -0.39 is 0 Å². The van der Waals surface area contributed by atoms with Crippen molar-refractivity contribution in [3.8, 4) is 0 Å². The van der Waals surface area contributed by atoms with E-state index in [2.05, 4.69) is 25.8 Å². The number of hydrogen-bond donors (Lipinski definition) is 1. The molecule has 0 bridgehead atoms. The van der Waals surface area contributed by atoms with Crippen molar-refractivity contribution < 1.29 is 0 Å². The van der Waals surface area contributed by atoms with Crippen LogP contribution < -0.4 is 5.73 Å². The number of aliphatic imine (C=N–C) groups is 1. The lowest BCUT2D eigenvalue weighted by atomic mass is 9.98. The van der Waals surface area contributed by atoms with Crippen molar-refractivity contribution in [2.45, 2.75) is 27.2 Å². The quantitative estimate of drug-likeness (QED) is 0.472. The van der Waals surface area contributed by atoms with Crippen LogP contribution in [-0.4, -0.2) is 12.9 Å². The van der Waals surface area contributed by atoms with E-state index in [-0.39, 0.29) is 0 Å². The van der Waals surface area contributed by atoms with Gasteiger partial charge in [-0.3, -0.25) is 4.99 Å². The van der Waals surface area contributed by atoms with Gasteiger partial charge in [0, 0.05) is 13.0 Å². The average Bonchev–Trinajstić information content (AvgIpc) is 1.85. The molecule has 0 aromatic heterocycles. The second kappa shape index (κ2) is 4.31. The molecular formula is C8H18N2. The summed E-state index contributed by atoms with van der Waals surface area (Å²) in [6.07, 6.45) is 1.13. The minimum Gasteiger partial charge on any atom is -0.387 e.